The lowest BCUT2D eigenvalue weighted by Gasteiger charge is -2.24. The summed E-state index contributed by atoms with van der Waals surface area (Å²) in [6.45, 7) is 7.05. The number of hydrogen-bond acceptors (Lipinski definition) is 2. The summed E-state index contributed by atoms with van der Waals surface area (Å²) >= 11 is 5.71. The number of nitrogens with one attached hydrogen (secondary N) is 2. The quantitative estimate of drug-likeness (QED) is 0.488. The van der Waals surface area contributed by atoms with Crippen molar-refractivity contribution in [2.24, 2.45) is 0 Å². The van der Waals surface area contributed by atoms with Crippen LogP contribution in [0.25, 0.3) is 0 Å². The Morgan fingerprint density at radius 1 is 0.969 bits per heavy atom. The average molecular weight is 444 g/mol. The standard InChI is InChI=1S/C27H29N3OS/c1-18-11-14-23(20(3)16-18)26(21-8-5-4-6-9-21)29-27(32)28-22-13-12-19(2)24(17-22)30-15-7-10-25(30)31/h4-6,8-9,11-14,16-17,26H,7,10,15H2,1-3H3,(H2,28,29,32)/t26-/m0/s1. The van der Waals surface area contributed by atoms with Gasteiger partial charge in [-0.3, -0.25) is 4.79 Å². The summed E-state index contributed by atoms with van der Waals surface area (Å²) in [5, 5.41) is 7.38. The Bertz CT molecular complexity index is 1140. The van der Waals surface area contributed by atoms with Crippen LogP contribution in [-0.2, 0) is 4.79 Å². The molecule has 0 bridgehead atoms. The predicted molar refractivity (Wildman–Crippen MR) is 136 cm³/mol. The van der Waals surface area contributed by atoms with Crippen molar-refractivity contribution in [1.29, 1.82) is 0 Å². The van der Waals surface area contributed by atoms with Crippen LogP contribution in [0.15, 0.2) is 66.7 Å². The second-order valence-corrected chi connectivity index (χ2v) is 8.86. The Morgan fingerprint density at radius 2 is 1.75 bits per heavy atom. The first-order valence-corrected chi connectivity index (χ1v) is 11.4. The van der Waals surface area contributed by atoms with E-state index in [1.807, 2.05) is 48.2 Å². The first-order chi connectivity index (χ1) is 15.4. The molecular formula is C27H29N3OS. The molecular weight excluding hydrogens is 414 g/mol. The summed E-state index contributed by atoms with van der Waals surface area (Å²) in [7, 11) is 0. The van der Waals surface area contributed by atoms with Crippen molar-refractivity contribution in [3.8, 4) is 0 Å². The van der Waals surface area contributed by atoms with Crippen molar-refractivity contribution in [3.63, 3.8) is 0 Å². The fourth-order valence-electron chi connectivity index (χ4n) is 4.31. The normalized spacial score (nSPS) is 14.3. The first kappa shape index (κ1) is 22.0. The van der Waals surface area contributed by atoms with Crippen LogP contribution >= 0.6 is 12.2 Å². The maximum Gasteiger partial charge on any atom is 0.227 e. The fraction of sp³-hybridized carbons (Fsp3) is 0.259. The van der Waals surface area contributed by atoms with E-state index < -0.39 is 0 Å². The Labute approximate surface area is 195 Å². The number of carbonyl (C=O) groups is 1. The molecule has 0 aromatic heterocycles. The van der Waals surface area contributed by atoms with E-state index in [1.54, 1.807) is 0 Å². The highest BCUT2D eigenvalue weighted by Gasteiger charge is 2.23. The summed E-state index contributed by atoms with van der Waals surface area (Å²) in [6.07, 6.45) is 1.52. The number of carbonyl (C=O) groups excluding carboxylic acids is 1. The molecule has 4 rings (SSSR count). The maximum atomic E-state index is 12.2. The van der Waals surface area contributed by atoms with E-state index in [0.717, 1.165) is 35.5 Å². The van der Waals surface area contributed by atoms with Crippen LogP contribution < -0.4 is 15.5 Å². The largest absolute Gasteiger partial charge is 0.352 e. The molecule has 1 atom stereocenters. The zero-order valence-electron chi connectivity index (χ0n) is 18.8. The predicted octanol–water partition coefficient (Wildman–Crippen LogP) is 5.81. The van der Waals surface area contributed by atoms with Crippen LogP contribution in [0.5, 0.6) is 0 Å². The van der Waals surface area contributed by atoms with Gasteiger partial charge in [0.2, 0.25) is 5.91 Å². The van der Waals surface area contributed by atoms with Crippen LogP contribution in [0, 0.1) is 20.8 Å². The van der Waals surface area contributed by atoms with E-state index in [4.69, 9.17) is 12.2 Å². The van der Waals surface area contributed by atoms with Gasteiger partial charge in [0.1, 0.15) is 0 Å². The van der Waals surface area contributed by atoms with Crippen LogP contribution in [0.2, 0.25) is 0 Å². The van der Waals surface area contributed by atoms with Crippen molar-refractivity contribution in [2.45, 2.75) is 39.7 Å². The monoisotopic (exact) mass is 443 g/mol. The van der Waals surface area contributed by atoms with Gasteiger partial charge >= 0.3 is 0 Å². The van der Waals surface area contributed by atoms with Gasteiger partial charge in [0, 0.05) is 24.3 Å². The molecule has 4 nitrogen and oxygen atoms in total. The van der Waals surface area contributed by atoms with Crippen LogP contribution in [0.1, 0.15) is 46.7 Å². The van der Waals surface area contributed by atoms with E-state index in [9.17, 15) is 4.79 Å². The smallest absolute Gasteiger partial charge is 0.227 e. The minimum absolute atomic E-state index is 0.0677. The van der Waals surface area contributed by atoms with E-state index in [0.29, 0.717) is 11.5 Å². The Kier molecular flexibility index (Phi) is 6.56. The summed E-state index contributed by atoms with van der Waals surface area (Å²) in [6, 6.07) is 22.8. The molecule has 0 spiro atoms. The van der Waals surface area contributed by atoms with E-state index in [1.165, 1.54) is 16.7 Å². The molecule has 2 N–H and O–H groups in total. The lowest BCUT2D eigenvalue weighted by Crippen LogP contribution is -2.33. The number of rotatable bonds is 5. The molecule has 1 heterocycles. The number of anilines is 2. The molecule has 0 unspecified atom stereocenters. The summed E-state index contributed by atoms with van der Waals surface area (Å²) in [5.74, 6) is 0.185. The van der Waals surface area contributed by atoms with Gasteiger partial charge < -0.3 is 15.5 Å². The second-order valence-electron chi connectivity index (χ2n) is 8.45. The third-order valence-corrected chi connectivity index (χ3v) is 6.20. The summed E-state index contributed by atoms with van der Waals surface area (Å²) in [4.78, 5) is 14.1. The highest BCUT2D eigenvalue weighted by atomic mass is 32.1. The van der Waals surface area contributed by atoms with Crippen LogP contribution in [0.3, 0.4) is 0 Å². The van der Waals surface area contributed by atoms with Gasteiger partial charge in [-0.25, -0.2) is 0 Å². The zero-order valence-corrected chi connectivity index (χ0v) is 19.6. The molecule has 5 heteroatoms. The molecule has 164 valence electrons. The Morgan fingerprint density at radius 3 is 2.44 bits per heavy atom. The van der Waals surface area contributed by atoms with Crippen LogP contribution in [0.4, 0.5) is 11.4 Å². The van der Waals surface area contributed by atoms with Gasteiger partial charge in [-0.1, -0.05) is 60.2 Å². The third kappa shape index (κ3) is 4.83. The van der Waals surface area contributed by atoms with Crippen molar-refractivity contribution >= 4 is 34.6 Å². The lowest BCUT2D eigenvalue weighted by atomic mass is 9.94. The minimum atomic E-state index is -0.0677. The van der Waals surface area contributed by atoms with E-state index >= 15 is 0 Å². The molecule has 1 aliphatic heterocycles. The summed E-state index contributed by atoms with van der Waals surface area (Å²) < 4.78 is 0. The number of amides is 1. The Balaban J connectivity index is 1.57. The maximum absolute atomic E-state index is 12.2. The van der Waals surface area contributed by atoms with Gasteiger partial charge in [0.05, 0.1) is 6.04 Å². The third-order valence-electron chi connectivity index (χ3n) is 5.98. The van der Waals surface area contributed by atoms with E-state index in [-0.39, 0.29) is 11.9 Å². The molecule has 1 saturated heterocycles. The highest BCUT2D eigenvalue weighted by molar-refractivity contribution is 7.80. The number of nitrogens with zero attached hydrogens (tertiary/aromatic N) is 1. The van der Waals surface area contributed by atoms with Crippen LogP contribution in [-0.4, -0.2) is 17.6 Å². The Hall–Kier alpha value is -3.18. The van der Waals surface area contributed by atoms with Crippen molar-refractivity contribution in [2.75, 3.05) is 16.8 Å². The zero-order chi connectivity index (χ0) is 22.7. The molecule has 1 fully saturated rings. The average Bonchev–Trinajstić information content (AvgIpc) is 3.20. The first-order valence-electron chi connectivity index (χ1n) is 11.0. The van der Waals surface area contributed by atoms with Gasteiger partial charge in [0.25, 0.3) is 0 Å². The number of aryl methyl sites for hydroxylation is 3. The van der Waals surface area contributed by atoms with Gasteiger partial charge in [-0.15, -0.1) is 0 Å². The van der Waals surface area contributed by atoms with Gasteiger partial charge in [0.15, 0.2) is 5.11 Å². The van der Waals surface area contributed by atoms with E-state index in [2.05, 4.69) is 54.8 Å². The summed E-state index contributed by atoms with van der Waals surface area (Å²) in [5.41, 5.74) is 7.71. The van der Waals surface area contributed by atoms with Crippen molar-refractivity contribution in [3.05, 3.63) is 94.5 Å². The fourth-order valence-corrected chi connectivity index (χ4v) is 4.55. The topological polar surface area (TPSA) is 44.4 Å². The minimum Gasteiger partial charge on any atom is -0.352 e. The second kappa shape index (κ2) is 9.53. The van der Waals surface area contributed by atoms with Gasteiger partial charge in [-0.05, 0) is 73.8 Å². The SMILES string of the molecule is Cc1ccc([C@@H](NC(=S)Nc2ccc(C)c(N3CCCC3=O)c2)c2ccccc2)c(C)c1. The van der Waals surface area contributed by atoms with Crippen molar-refractivity contribution in [1.82, 2.24) is 5.32 Å². The molecule has 0 aliphatic carbocycles. The molecule has 32 heavy (non-hydrogen) atoms. The van der Waals surface area contributed by atoms with Gasteiger partial charge in [-0.2, -0.15) is 0 Å². The number of benzene rings is 3. The molecule has 0 saturated carbocycles. The molecule has 1 aliphatic rings. The highest BCUT2D eigenvalue weighted by Crippen LogP contribution is 2.29. The number of thiocarbonyl (C=S) groups is 1. The molecule has 3 aromatic carbocycles. The lowest BCUT2D eigenvalue weighted by molar-refractivity contribution is -0.117. The molecule has 0 radical (unpaired) electrons. The number of hydrogen-bond donors (Lipinski definition) is 2. The van der Waals surface area contributed by atoms with Crippen molar-refractivity contribution < 1.29 is 4.79 Å². The molecule has 1 amide bonds. The molecule has 3 aromatic rings.